The second-order valence-corrected chi connectivity index (χ2v) is 8.36. The van der Waals surface area contributed by atoms with Gasteiger partial charge in [-0.05, 0) is 64.0 Å². The summed E-state index contributed by atoms with van der Waals surface area (Å²) in [6.45, 7) is 4.55. The largest absolute Gasteiger partial charge is 0.385 e. The van der Waals surface area contributed by atoms with Gasteiger partial charge >= 0.3 is 0 Å². The summed E-state index contributed by atoms with van der Waals surface area (Å²) < 4.78 is 13.3. The molecular weight excluding hydrogens is 366 g/mol. The van der Waals surface area contributed by atoms with E-state index >= 15 is 0 Å². The quantitative estimate of drug-likeness (QED) is 0.596. The Hall–Kier alpha value is -1.92. The van der Waals surface area contributed by atoms with Crippen LogP contribution in [0, 0.1) is 0 Å². The van der Waals surface area contributed by atoms with Crippen LogP contribution in [0.5, 0.6) is 0 Å². The van der Waals surface area contributed by atoms with Gasteiger partial charge in [0.05, 0.1) is 6.04 Å². The molecule has 0 N–H and O–H groups in total. The first-order valence-corrected chi connectivity index (χ1v) is 11.1. The Morgan fingerprint density at radius 2 is 2.21 bits per heavy atom. The SMILES string of the molecule is COCCCCn1cc([C@@H](C)N(C(=O)[C@H]2CCCCO2)C2CC2)c2cccnc21. The fourth-order valence-corrected chi connectivity index (χ4v) is 4.47. The van der Waals surface area contributed by atoms with Crippen LogP contribution in [0.1, 0.15) is 63.5 Å². The molecule has 2 aromatic heterocycles. The van der Waals surface area contributed by atoms with Gasteiger partial charge in [-0.15, -0.1) is 0 Å². The van der Waals surface area contributed by atoms with Crippen LogP contribution in [-0.2, 0) is 20.8 Å². The molecule has 0 radical (unpaired) electrons. The zero-order valence-corrected chi connectivity index (χ0v) is 17.7. The van der Waals surface area contributed by atoms with Crippen molar-refractivity contribution in [3.63, 3.8) is 0 Å². The minimum absolute atomic E-state index is 0.0208. The molecule has 158 valence electrons. The Labute approximate surface area is 173 Å². The molecule has 29 heavy (non-hydrogen) atoms. The van der Waals surface area contributed by atoms with E-state index in [-0.39, 0.29) is 18.1 Å². The minimum atomic E-state index is -0.271. The van der Waals surface area contributed by atoms with Crippen LogP contribution in [0.4, 0.5) is 0 Å². The van der Waals surface area contributed by atoms with Gasteiger partial charge < -0.3 is 18.9 Å². The fourth-order valence-electron chi connectivity index (χ4n) is 4.47. The van der Waals surface area contributed by atoms with Crippen LogP contribution < -0.4 is 0 Å². The molecule has 0 aromatic carbocycles. The summed E-state index contributed by atoms with van der Waals surface area (Å²) in [4.78, 5) is 20.1. The van der Waals surface area contributed by atoms with Crippen molar-refractivity contribution in [3.8, 4) is 0 Å². The maximum Gasteiger partial charge on any atom is 0.252 e. The van der Waals surface area contributed by atoms with Crippen molar-refractivity contribution in [1.29, 1.82) is 0 Å². The average Bonchev–Trinajstić information content (AvgIpc) is 3.52. The van der Waals surface area contributed by atoms with Crippen LogP contribution in [0.15, 0.2) is 24.5 Å². The molecule has 6 nitrogen and oxygen atoms in total. The lowest BCUT2D eigenvalue weighted by atomic mass is 10.0. The number of aromatic nitrogens is 2. The van der Waals surface area contributed by atoms with E-state index in [0.29, 0.717) is 12.6 Å². The smallest absolute Gasteiger partial charge is 0.252 e. The predicted octanol–water partition coefficient (Wildman–Crippen LogP) is 4.08. The van der Waals surface area contributed by atoms with Crippen molar-refractivity contribution in [2.45, 2.75) is 76.6 Å². The monoisotopic (exact) mass is 399 g/mol. The number of aryl methyl sites for hydroxylation is 1. The van der Waals surface area contributed by atoms with E-state index < -0.39 is 0 Å². The zero-order chi connectivity index (χ0) is 20.2. The molecule has 1 saturated heterocycles. The Kier molecular flexibility index (Phi) is 6.50. The molecule has 1 aliphatic heterocycles. The van der Waals surface area contributed by atoms with Gasteiger partial charge in [0.2, 0.25) is 0 Å². The van der Waals surface area contributed by atoms with Crippen molar-refractivity contribution in [1.82, 2.24) is 14.5 Å². The minimum Gasteiger partial charge on any atom is -0.385 e. The third-order valence-electron chi connectivity index (χ3n) is 6.18. The van der Waals surface area contributed by atoms with Gasteiger partial charge in [-0.3, -0.25) is 4.79 Å². The van der Waals surface area contributed by atoms with E-state index in [0.717, 1.165) is 69.1 Å². The molecule has 2 atom stereocenters. The van der Waals surface area contributed by atoms with E-state index in [1.54, 1.807) is 7.11 Å². The van der Waals surface area contributed by atoms with Gasteiger partial charge in [0, 0.05) is 56.3 Å². The summed E-state index contributed by atoms with van der Waals surface area (Å²) in [7, 11) is 1.74. The van der Waals surface area contributed by atoms with Gasteiger partial charge in [-0.25, -0.2) is 4.98 Å². The standard InChI is InChI=1S/C23H33N3O3/c1-17(26(18-10-11-18)23(27)21-9-3-5-15-29-21)20-16-25(13-4-6-14-28-2)22-19(20)8-7-12-24-22/h7-8,12,16-18,21H,3-6,9-11,13-15H2,1-2H3/t17-,21-/m1/s1. The number of ether oxygens (including phenoxy) is 2. The molecule has 1 amide bonds. The fraction of sp³-hybridized carbons (Fsp3) is 0.652. The van der Waals surface area contributed by atoms with Crippen LogP contribution in [0.3, 0.4) is 0 Å². The van der Waals surface area contributed by atoms with Crippen molar-refractivity contribution < 1.29 is 14.3 Å². The van der Waals surface area contributed by atoms with Crippen molar-refractivity contribution in [2.75, 3.05) is 20.3 Å². The molecule has 3 heterocycles. The molecule has 2 aromatic rings. The highest BCUT2D eigenvalue weighted by Crippen LogP contribution is 2.38. The molecule has 0 spiro atoms. The molecule has 2 fully saturated rings. The van der Waals surface area contributed by atoms with Gasteiger partial charge in [-0.1, -0.05) is 0 Å². The highest BCUT2D eigenvalue weighted by molar-refractivity contribution is 5.85. The Bertz CT molecular complexity index is 824. The van der Waals surface area contributed by atoms with E-state index in [2.05, 4.69) is 33.6 Å². The van der Waals surface area contributed by atoms with Crippen LogP contribution in [0.25, 0.3) is 11.0 Å². The third kappa shape index (κ3) is 4.48. The van der Waals surface area contributed by atoms with E-state index in [1.807, 2.05) is 12.3 Å². The number of fused-ring (bicyclic) bond motifs is 1. The highest BCUT2D eigenvalue weighted by Gasteiger charge is 2.40. The predicted molar refractivity (Wildman–Crippen MR) is 113 cm³/mol. The number of nitrogens with zero attached hydrogens (tertiary/aromatic N) is 3. The molecule has 1 saturated carbocycles. The number of hydrogen-bond donors (Lipinski definition) is 0. The second-order valence-electron chi connectivity index (χ2n) is 8.36. The van der Waals surface area contributed by atoms with Gasteiger partial charge in [0.1, 0.15) is 11.8 Å². The first kappa shape index (κ1) is 20.4. The maximum atomic E-state index is 13.3. The number of pyridine rings is 1. The lowest BCUT2D eigenvalue weighted by molar-refractivity contribution is -0.149. The summed E-state index contributed by atoms with van der Waals surface area (Å²) >= 11 is 0. The number of carbonyl (C=O) groups excluding carboxylic acids is 1. The number of hydrogen-bond acceptors (Lipinski definition) is 4. The summed E-state index contributed by atoms with van der Waals surface area (Å²) in [5, 5.41) is 1.15. The van der Waals surface area contributed by atoms with E-state index in [4.69, 9.17) is 9.47 Å². The molecule has 2 aliphatic rings. The van der Waals surface area contributed by atoms with Gasteiger partial charge in [0.15, 0.2) is 0 Å². The molecule has 6 heteroatoms. The van der Waals surface area contributed by atoms with Crippen LogP contribution >= 0.6 is 0 Å². The number of carbonyl (C=O) groups is 1. The summed E-state index contributed by atoms with van der Waals surface area (Å²) in [6.07, 6.45) is 11.0. The first-order chi connectivity index (χ1) is 14.2. The molecule has 1 aliphatic carbocycles. The lowest BCUT2D eigenvalue weighted by Crippen LogP contribution is -2.44. The first-order valence-electron chi connectivity index (χ1n) is 11.1. The number of unbranched alkanes of at least 4 members (excludes halogenated alkanes) is 1. The number of rotatable bonds is 9. The van der Waals surface area contributed by atoms with Gasteiger partial charge in [-0.2, -0.15) is 0 Å². The Morgan fingerprint density at radius 1 is 1.34 bits per heavy atom. The van der Waals surface area contributed by atoms with Crippen molar-refractivity contribution >= 4 is 16.9 Å². The van der Waals surface area contributed by atoms with E-state index in [9.17, 15) is 4.79 Å². The second kappa shape index (κ2) is 9.26. The van der Waals surface area contributed by atoms with Crippen LogP contribution in [-0.4, -0.2) is 52.8 Å². The van der Waals surface area contributed by atoms with Crippen molar-refractivity contribution in [3.05, 3.63) is 30.1 Å². The molecule has 0 bridgehead atoms. The highest BCUT2D eigenvalue weighted by atomic mass is 16.5. The Balaban J connectivity index is 1.59. The lowest BCUT2D eigenvalue weighted by Gasteiger charge is -2.34. The summed E-state index contributed by atoms with van der Waals surface area (Å²) in [5.74, 6) is 0.171. The number of amides is 1. The van der Waals surface area contributed by atoms with Crippen LogP contribution in [0.2, 0.25) is 0 Å². The summed E-state index contributed by atoms with van der Waals surface area (Å²) in [5.41, 5.74) is 2.19. The third-order valence-corrected chi connectivity index (χ3v) is 6.18. The number of methoxy groups -OCH3 is 1. The maximum absolute atomic E-state index is 13.3. The normalized spacial score (nSPS) is 20.7. The molecular formula is C23H33N3O3. The molecule has 0 unspecified atom stereocenters. The topological polar surface area (TPSA) is 56.6 Å². The van der Waals surface area contributed by atoms with E-state index in [1.165, 1.54) is 5.56 Å². The average molecular weight is 400 g/mol. The van der Waals surface area contributed by atoms with Crippen molar-refractivity contribution in [2.24, 2.45) is 0 Å². The summed E-state index contributed by atoms with van der Waals surface area (Å²) in [6, 6.07) is 4.49. The zero-order valence-electron chi connectivity index (χ0n) is 17.7. The molecule has 4 rings (SSSR count). The Morgan fingerprint density at radius 3 is 2.93 bits per heavy atom. The van der Waals surface area contributed by atoms with Gasteiger partial charge in [0.25, 0.3) is 5.91 Å².